The van der Waals surface area contributed by atoms with E-state index < -0.39 is 0 Å². The minimum atomic E-state index is 0.448. The van der Waals surface area contributed by atoms with Crippen LogP contribution < -0.4 is 5.32 Å². The van der Waals surface area contributed by atoms with Gasteiger partial charge in [-0.15, -0.1) is 0 Å². The maximum atomic E-state index is 6.22. The standard InChI is InChI=1S/C16H17Cl2NS/c1-11(2)19-10-12-7-8-13(17)9-16(12)20-15-6-4-3-5-14(15)18/h3-9,11,19H,10H2,1-2H3. The smallest absolute Gasteiger partial charge is 0.0545 e. The molecule has 2 aromatic rings. The summed E-state index contributed by atoms with van der Waals surface area (Å²) in [5, 5.41) is 4.94. The number of rotatable bonds is 5. The topological polar surface area (TPSA) is 12.0 Å². The van der Waals surface area contributed by atoms with Crippen LogP contribution in [0.3, 0.4) is 0 Å². The molecule has 0 radical (unpaired) electrons. The molecule has 0 aliphatic rings. The summed E-state index contributed by atoms with van der Waals surface area (Å²) in [6.45, 7) is 5.09. The van der Waals surface area contributed by atoms with Crippen LogP contribution in [0.1, 0.15) is 19.4 Å². The van der Waals surface area contributed by atoms with Crippen LogP contribution in [0.25, 0.3) is 0 Å². The second-order valence-corrected chi connectivity index (χ2v) is 6.75. The van der Waals surface area contributed by atoms with Crippen molar-refractivity contribution in [2.45, 2.75) is 36.2 Å². The van der Waals surface area contributed by atoms with E-state index in [1.165, 1.54) is 5.56 Å². The van der Waals surface area contributed by atoms with Crippen molar-refractivity contribution in [1.29, 1.82) is 0 Å². The average Bonchev–Trinajstić information content (AvgIpc) is 2.40. The molecular formula is C16H17Cl2NS. The monoisotopic (exact) mass is 325 g/mol. The number of halogens is 2. The largest absolute Gasteiger partial charge is 0.310 e. The van der Waals surface area contributed by atoms with Crippen LogP contribution in [0.4, 0.5) is 0 Å². The maximum absolute atomic E-state index is 6.22. The summed E-state index contributed by atoms with van der Waals surface area (Å²) in [5.41, 5.74) is 1.23. The zero-order chi connectivity index (χ0) is 14.5. The van der Waals surface area contributed by atoms with Crippen molar-refractivity contribution >= 4 is 35.0 Å². The van der Waals surface area contributed by atoms with Crippen LogP contribution in [-0.2, 0) is 6.54 Å². The summed E-state index contributed by atoms with van der Waals surface area (Å²) in [5.74, 6) is 0. The van der Waals surface area contributed by atoms with Crippen molar-refractivity contribution < 1.29 is 0 Å². The highest BCUT2D eigenvalue weighted by molar-refractivity contribution is 7.99. The van der Waals surface area contributed by atoms with Crippen LogP contribution in [0.2, 0.25) is 10.0 Å². The second-order valence-electron chi connectivity index (χ2n) is 4.82. The molecule has 0 unspecified atom stereocenters. The summed E-state index contributed by atoms with van der Waals surface area (Å²) >= 11 is 14.0. The van der Waals surface area contributed by atoms with Gasteiger partial charge in [0.25, 0.3) is 0 Å². The molecule has 0 heterocycles. The molecule has 0 fully saturated rings. The Morgan fingerprint density at radius 1 is 1.05 bits per heavy atom. The van der Waals surface area contributed by atoms with E-state index in [9.17, 15) is 0 Å². The normalized spacial score (nSPS) is 11.1. The molecule has 0 saturated heterocycles. The SMILES string of the molecule is CC(C)NCc1ccc(Cl)cc1Sc1ccccc1Cl. The number of hydrogen-bond donors (Lipinski definition) is 1. The molecule has 0 atom stereocenters. The van der Waals surface area contributed by atoms with Crippen molar-refractivity contribution in [1.82, 2.24) is 5.32 Å². The zero-order valence-corrected chi connectivity index (χ0v) is 13.8. The van der Waals surface area contributed by atoms with Crippen molar-refractivity contribution in [3.63, 3.8) is 0 Å². The van der Waals surface area contributed by atoms with Gasteiger partial charge in [-0.1, -0.05) is 67.0 Å². The van der Waals surface area contributed by atoms with Crippen molar-refractivity contribution in [3.8, 4) is 0 Å². The van der Waals surface area contributed by atoms with Crippen LogP contribution in [0.15, 0.2) is 52.3 Å². The van der Waals surface area contributed by atoms with Gasteiger partial charge in [0.2, 0.25) is 0 Å². The molecule has 0 aliphatic carbocycles. The summed E-state index contributed by atoms with van der Waals surface area (Å²) in [6, 6.07) is 14.3. The van der Waals surface area contributed by atoms with E-state index in [0.717, 1.165) is 26.4 Å². The Balaban J connectivity index is 2.25. The molecule has 2 aromatic carbocycles. The van der Waals surface area contributed by atoms with E-state index >= 15 is 0 Å². The number of hydrogen-bond acceptors (Lipinski definition) is 2. The fraction of sp³-hybridized carbons (Fsp3) is 0.250. The van der Waals surface area contributed by atoms with E-state index in [1.807, 2.05) is 36.4 Å². The van der Waals surface area contributed by atoms with Gasteiger partial charge in [-0.25, -0.2) is 0 Å². The first kappa shape index (κ1) is 15.7. The molecule has 1 N–H and O–H groups in total. The molecular weight excluding hydrogens is 309 g/mol. The minimum absolute atomic E-state index is 0.448. The molecule has 2 rings (SSSR count). The van der Waals surface area contributed by atoms with E-state index in [4.69, 9.17) is 23.2 Å². The van der Waals surface area contributed by atoms with Gasteiger partial charge >= 0.3 is 0 Å². The lowest BCUT2D eigenvalue weighted by atomic mass is 10.2. The summed E-state index contributed by atoms with van der Waals surface area (Å²) in [4.78, 5) is 2.18. The van der Waals surface area contributed by atoms with Crippen molar-refractivity contribution in [2.24, 2.45) is 0 Å². The van der Waals surface area contributed by atoms with Crippen LogP contribution >= 0.6 is 35.0 Å². The van der Waals surface area contributed by atoms with Crippen molar-refractivity contribution in [2.75, 3.05) is 0 Å². The third-order valence-electron chi connectivity index (χ3n) is 2.79. The predicted molar refractivity (Wildman–Crippen MR) is 89.0 cm³/mol. The maximum Gasteiger partial charge on any atom is 0.0545 e. The second kappa shape index (κ2) is 7.37. The Hall–Kier alpha value is -0.670. The van der Waals surface area contributed by atoms with Gasteiger partial charge in [-0.05, 0) is 29.8 Å². The summed E-state index contributed by atoms with van der Waals surface area (Å²) in [7, 11) is 0. The lowest BCUT2D eigenvalue weighted by molar-refractivity contribution is 0.585. The average molecular weight is 326 g/mol. The van der Waals surface area contributed by atoms with E-state index in [0.29, 0.717) is 6.04 Å². The first-order valence-electron chi connectivity index (χ1n) is 6.50. The lowest BCUT2D eigenvalue weighted by Crippen LogP contribution is -2.22. The first-order chi connectivity index (χ1) is 9.56. The van der Waals surface area contributed by atoms with Gasteiger partial charge in [0, 0.05) is 27.4 Å². The van der Waals surface area contributed by atoms with Crippen molar-refractivity contribution in [3.05, 3.63) is 58.1 Å². The first-order valence-corrected chi connectivity index (χ1v) is 8.07. The van der Waals surface area contributed by atoms with Gasteiger partial charge in [0.15, 0.2) is 0 Å². The molecule has 1 nitrogen and oxygen atoms in total. The highest BCUT2D eigenvalue weighted by Gasteiger charge is 2.08. The third kappa shape index (κ3) is 4.42. The van der Waals surface area contributed by atoms with Gasteiger partial charge in [0.1, 0.15) is 0 Å². The molecule has 4 heteroatoms. The van der Waals surface area contributed by atoms with Crippen LogP contribution in [-0.4, -0.2) is 6.04 Å². The fourth-order valence-electron chi connectivity index (χ4n) is 1.73. The molecule has 0 spiro atoms. The Morgan fingerprint density at radius 2 is 1.80 bits per heavy atom. The Labute approximate surface area is 134 Å². The Morgan fingerprint density at radius 3 is 2.50 bits per heavy atom. The Bertz CT molecular complexity index is 584. The predicted octanol–water partition coefficient (Wildman–Crippen LogP) is 5.64. The molecule has 0 aromatic heterocycles. The summed E-state index contributed by atoms with van der Waals surface area (Å²) in [6.07, 6.45) is 0. The third-order valence-corrected chi connectivity index (χ3v) is 4.64. The fourth-order valence-corrected chi connectivity index (χ4v) is 3.22. The minimum Gasteiger partial charge on any atom is -0.310 e. The molecule has 0 aliphatic heterocycles. The van der Waals surface area contributed by atoms with E-state index in [1.54, 1.807) is 11.8 Å². The molecule has 106 valence electrons. The quantitative estimate of drug-likeness (QED) is 0.763. The molecule has 0 amide bonds. The van der Waals surface area contributed by atoms with E-state index in [-0.39, 0.29) is 0 Å². The zero-order valence-electron chi connectivity index (χ0n) is 11.5. The molecule has 20 heavy (non-hydrogen) atoms. The summed E-state index contributed by atoms with van der Waals surface area (Å²) < 4.78 is 0. The number of nitrogens with one attached hydrogen (secondary N) is 1. The van der Waals surface area contributed by atoms with Gasteiger partial charge in [-0.2, -0.15) is 0 Å². The molecule has 0 bridgehead atoms. The Kier molecular flexibility index (Phi) is 5.79. The highest BCUT2D eigenvalue weighted by atomic mass is 35.5. The van der Waals surface area contributed by atoms with E-state index in [2.05, 4.69) is 25.2 Å². The van der Waals surface area contributed by atoms with Crippen LogP contribution in [0, 0.1) is 0 Å². The van der Waals surface area contributed by atoms with Gasteiger partial charge in [-0.3, -0.25) is 0 Å². The van der Waals surface area contributed by atoms with Gasteiger partial charge < -0.3 is 5.32 Å². The lowest BCUT2D eigenvalue weighted by Gasteiger charge is -2.13. The highest BCUT2D eigenvalue weighted by Crippen LogP contribution is 2.36. The van der Waals surface area contributed by atoms with Crippen LogP contribution in [0.5, 0.6) is 0 Å². The van der Waals surface area contributed by atoms with Gasteiger partial charge in [0.05, 0.1) is 5.02 Å². The molecule has 0 saturated carbocycles. The number of benzene rings is 2.